The number of benzene rings is 2. The molecule has 0 aliphatic heterocycles. The van der Waals surface area contributed by atoms with Crippen LogP contribution in [0.15, 0.2) is 36.4 Å². The Hall–Kier alpha value is -3.09. The van der Waals surface area contributed by atoms with Crippen molar-refractivity contribution in [1.82, 2.24) is 0 Å². The summed E-state index contributed by atoms with van der Waals surface area (Å²) in [4.78, 5) is 22.8. The van der Waals surface area contributed by atoms with Gasteiger partial charge in [-0.15, -0.1) is 0 Å². The van der Waals surface area contributed by atoms with Crippen molar-refractivity contribution in [3.05, 3.63) is 57.6 Å². The molecule has 0 aliphatic carbocycles. The average molecular weight is 343 g/mol. The van der Waals surface area contributed by atoms with Crippen LogP contribution in [0.3, 0.4) is 0 Å². The quantitative estimate of drug-likeness (QED) is 0.617. The molecule has 1 amide bonds. The number of hydrogen-bond donors (Lipinski definition) is 2. The zero-order valence-electron chi connectivity index (χ0n) is 14.6. The smallest absolute Gasteiger partial charge is 0.271 e. The van der Waals surface area contributed by atoms with Gasteiger partial charge in [-0.2, -0.15) is 0 Å². The molecule has 2 aromatic rings. The van der Waals surface area contributed by atoms with Gasteiger partial charge in [0, 0.05) is 17.8 Å². The van der Waals surface area contributed by atoms with E-state index in [1.807, 2.05) is 32.0 Å². The van der Waals surface area contributed by atoms with Gasteiger partial charge in [0.15, 0.2) is 0 Å². The number of methoxy groups -OCH3 is 1. The molecule has 0 unspecified atom stereocenters. The molecule has 0 heterocycles. The molecule has 0 saturated heterocycles. The highest BCUT2D eigenvalue weighted by Crippen LogP contribution is 2.29. The number of carbonyl (C=O) groups excluding carboxylic acids is 1. The first-order valence-corrected chi connectivity index (χ1v) is 7.78. The molecule has 2 rings (SSSR count). The number of nitro groups is 1. The summed E-state index contributed by atoms with van der Waals surface area (Å²) in [6.45, 7) is 5.69. The Morgan fingerprint density at radius 2 is 1.80 bits per heavy atom. The van der Waals surface area contributed by atoms with E-state index in [0.717, 1.165) is 16.8 Å². The van der Waals surface area contributed by atoms with Gasteiger partial charge in [0.25, 0.3) is 5.69 Å². The average Bonchev–Trinajstić information content (AvgIpc) is 2.53. The van der Waals surface area contributed by atoms with Crippen molar-refractivity contribution < 1.29 is 14.5 Å². The zero-order valence-corrected chi connectivity index (χ0v) is 14.6. The minimum Gasteiger partial charge on any atom is -0.495 e. The number of non-ortho nitro benzene ring substituents is 1. The Kier molecular flexibility index (Phi) is 5.59. The molecule has 2 N–H and O–H groups in total. The second kappa shape index (κ2) is 7.65. The number of nitrogens with zero attached hydrogens (tertiary/aromatic N) is 1. The van der Waals surface area contributed by atoms with Crippen molar-refractivity contribution in [2.45, 2.75) is 26.8 Å². The van der Waals surface area contributed by atoms with Gasteiger partial charge in [-0.05, 0) is 50.1 Å². The van der Waals surface area contributed by atoms with Gasteiger partial charge in [-0.25, -0.2) is 0 Å². The second-order valence-electron chi connectivity index (χ2n) is 5.87. The van der Waals surface area contributed by atoms with Gasteiger partial charge in [-0.3, -0.25) is 14.9 Å². The molecule has 2 aromatic carbocycles. The van der Waals surface area contributed by atoms with Crippen LogP contribution in [0.1, 0.15) is 18.1 Å². The molecular formula is C18H21N3O4. The highest BCUT2D eigenvalue weighted by molar-refractivity contribution is 5.97. The van der Waals surface area contributed by atoms with Gasteiger partial charge >= 0.3 is 0 Å². The van der Waals surface area contributed by atoms with E-state index in [9.17, 15) is 14.9 Å². The number of nitrogens with one attached hydrogen (secondary N) is 2. The standard InChI is InChI=1S/C18H21N3O4/c1-11-7-12(2)9-14(8-11)19-13(3)18(22)20-16-10-15(21(23)24)5-6-17(16)25-4/h5-10,13,19H,1-4H3,(H,20,22)/t13-/m1/s1. The Balaban J connectivity index is 2.15. The lowest BCUT2D eigenvalue weighted by atomic mass is 10.1. The summed E-state index contributed by atoms with van der Waals surface area (Å²) < 4.78 is 5.15. The summed E-state index contributed by atoms with van der Waals surface area (Å²) in [5.41, 5.74) is 3.17. The van der Waals surface area contributed by atoms with Crippen LogP contribution in [0.5, 0.6) is 5.75 Å². The molecule has 1 atom stereocenters. The molecule has 0 radical (unpaired) electrons. The first-order chi connectivity index (χ1) is 11.8. The van der Waals surface area contributed by atoms with E-state index in [4.69, 9.17) is 4.74 Å². The molecule has 0 spiro atoms. The third-order valence-electron chi connectivity index (χ3n) is 3.65. The number of ether oxygens (including phenoxy) is 1. The molecule has 0 aliphatic rings. The minimum absolute atomic E-state index is 0.119. The van der Waals surface area contributed by atoms with E-state index in [1.165, 1.54) is 25.3 Å². The van der Waals surface area contributed by atoms with Gasteiger partial charge < -0.3 is 15.4 Å². The second-order valence-corrected chi connectivity index (χ2v) is 5.87. The fourth-order valence-corrected chi connectivity index (χ4v) is 2.52. The largest absolute Gasteiger partial charge is 0.495 e. The predicted molar refractivity (Wildman–Crippen MR) is 97.3 cm³/mol. The molecule has 132 valence electrons. The lowest BCUT2D eigenvalue weighted by Crippen LogP contribution is -2.32. The highest BCUT2D eigenvalue weighted by Gasteiger charge is 2.17. The Morgan fingerprint density at radius 3 is 2.36 bits per heavy atom. The highest BCUT2D eigenvalue weighted by atomic mass is 16.6. The number of hydrogen-bond acceptors (Lipinski definition) is 5. The van der Waals surface area contributed by atoms with Crippen molar-refractivity contribution in [2.24, 2.45) is 0 Å². The first kappa shape index (κ1) is 18.3. The number of amides is 1. The Bertz CT molecular complexity index is 785. The van der Waals surface area contributed by atoms with Crippen LogP contribution in [0.2, 0.25) is 0 Å². The van der Waals surface area contributed by atoms with Crippen molar-refractivity contribution in [1.29, 1.82) is 0 Å². The molecule has 7 nitrogen and oxygen atoms in total. The maximum absolute atomic E-state index is 12.4. The van der Waals surface area contributed by atoms with E-state index in [1.54, 1.807) is 6.92 Å². The van der Waals surface area contributed by atoms with Crippen molar-refractivity contribution in [2.75, 3.05) is 17.7 Å². The maximum atomic E-state index is 12.4. The van der Waals surface area contributed by atoms with E-state index in [2.05, 4.69) is 10.6 Å². The van der Waals surface area contributed by atoms with Crippen LogP contribution >= 0.6 is 0 Å². The molecule has 0 aromatic heterocycles. The molecule has 0 fully saturated rings. The number of anilines is 2. The van der Waals surface area contributed by atoms with Gasteiger partial charge in [-0.1, -0.05) is 6.07 Å². The maximum Gasteiger partial charge on any atom is 0.271 e. The van der Waals surface area contributed by atoms with Crippen molar-refractivity contribution in [3.63, 3.8) is 0 Å². The molecule has 0 bridgehead atoms. The first-order valence-electron chi connectivity index (χ1n) is 7.78. The van der Waals surface area contributed by atoms with E-state index < -0.39 is 11.0 Å². The van der Waals surface area contributed by atoms with Crippen LogP contribution in [0.25, 0.3) is 0 Å². The Morgan fingerprint density at radius 1 is 1.16 bits per heavy atom. The number of rotatable bonds is 6. The van der Waals surface area contributed by atoms with Gasteiger partial charge in [0.05, 0.1) is 17.7 Å². The lowest BCUT2D eigenvalue weighted by molar-refractivity contribution is -0.384. The lowest BCUT2D eigenvalue weighted by Gasteiger charge is -2.17. The summed E-state index contributed by atoms with van der Waals surface area (Å²) in [6, 6.07) is 9.46. The summed E-state index contributed by atoms with van der Waals surface area (Å²) >= 11 is 0. The Labute approximate surface area is 146 Å². The van der Waals surface area contributed by atoms with Crippen molar-refractivity contribution >= 4 is 23.0 Å². The number of nitro benzene ring substituents is 1. The van der Waals surface area contributed by atoms with E-state index in [0.29, 0.717) is 5.75 Å². The predicted octanol–water partition coefficient (Wildman–Crippen LogP) is 3.66. The van der Waals surface area contributed by atoms with Crippen LogP contribution in [0.4, 0.5) is 17.1 Å². The fourth-order valence-electron chi connectivity index (χ4n) is 2.52. The number of carbonyl (C=O) groups is 1. The van der Waals surface area contributed by atoms with Crippen LogP contribution in [-0.2, 0) is 4.79 Å². The molecule has 0 saturated carbocycles. The van der Waals surface area contributed by atoms with E-state index in [-0.39, 0.29) is 17.3 Å². The van der Waals surface area contributed by atoms with Crippen LogP contribution in [-0.4, -0.2) is 24.0 Å². The summed E-state index contributed by atoms with van der Waals surface area (Å²) in [5, 5.41) is 16.7. The summed E-state index contributed by atoms with van der Waals surface area (Å²) in [6.07, 6.45) is 0. The molecule has 7 heteroatoms. The van der Waals surface area contributed by atoms with Crippen molar-refractivity contribution in [3.8, 4) is 5.75 Å². The molecular weight excluding hydrogens is 322 g/mol. The summed E-state index contributed by atoms with van der Waals surface area (Å²) in [7, 11) is 1.44. The topological polar surface area (TPSA) is 93.5 Å². The zero-order chi connectivity index (χ0) is 18.6. The SMILES string of the molecule is COc1ccc([N+](=O)[O-])cc1NC(=O)[C@@H](C)Nc1cc(C)cc(C)c1. The minimum atomic E-state index is -0.537. The van der Waals surface area contributed by atoms with Crippen LogP contribution < -0.4 is 15.4 Å². The van der Waals surface area contributed by atoms with Crippen LogP contribution in [0, 0.1) is 24.0 Å². The van der Waals surface area contributed by atoms with Gasteiger partial charge in [0.2, 0.25) is 5.91 Å². The monoisotopic (exact) mass is 343 g/mol. The third kappa shape index (κ3) is 4.69. The molecule has 25 heavy (non-hydrogen) atoms. The number of aryl methyl sites for hydroxylation is 2. The normalized spacial score (nSPS) is 11.5. The fraction of sp³-hybridized carbons (Fsp3) is 0.278. The van der Waals surface area contributed by atoms with E-state index >= 15 is 0 Å². The van der Waals surface area contributed by atoms with Gasteiger partial charge in [0.1, 0.15) is 11.8 Å². The summed E-state index contributed by atoms with van der Waals surface area (Å²) in [5.74, 6) is 0.0375. The third-order valence-corrected chi connectivity index (χ3v) is 3.65.